The average molecular weight is 261 g/mol. The molecule has 0 fully saturated rings. The van der Waals surface area contributed by atoms with E-state index in [1.807, 2.05) is 0 Å². The molecule has 2 heteroatoms. The summed E-state index contributed by atoms with van der Waals surface area (Å²) in [4.78, 5) is 11.8. The number of benzene rings is 1. The minimum atomic E-state index is 0.192. The SMILES string of the molecule is CCC(CC)C(=O)NCCCCc1ccc(C)cc1. The third-order valence-electron chi connectivity index (χ3n) is 3.67. The lowest BCUT2D eigenvalue weighted by Crippen LogP contribution is -2.30. The fraction of sp³-hybridized carbons (Fsp3) is 0.588. The third-order valence-corrected chi connectivity index (χ3v) is 3.67. The molecule has 1 rings (SSSR count). The molecule has 0 spiro atoms. The predicted octanol–water partition coefficient (Wildman–Crippen LogP) is 3.87. The van der Waals surface area contributed by atoms with Crippen LogP contribution in [0.15, 0.2) is 24.3 Å². The van der Waals surface area contributed by atoms with Gasteiger partial charge in [-0.1, -0.05) is 43.7 Å². The van der Waals surface area contributed by atoms with Crippen LogP contribution in [0.2, 0.25) is 0 Å². The third kappa shape index (κ3) is 5.91. The van der Waals surface area contributed by atoms with Crippen molar-refractivity contribution < 1.29 is 4.79 Å². The first-order valence-corrected chi connectivity index (χ1v) is 7.50. The molecule has 0 radical (unpaired) electrons. The van der Waals surface area contributed by atoms with E-state index < -0.39 is 0 Å². The normalized spacial score (nSPS) is 10.7. The Hall–Kier alpha value is -1.31. The highest BCUT2D eigenvalue weighted by Gasteiger charge is 2.12. The van der Waals surface area contributed by atoms with Crippen LogP contribution in [0.25, 0.3) is 0 Å². The maximum absolute atomic E-state index is 11.8. The first-order valence-electron chi connectivity index (χ1n) is 7.50. The van der Waals surface area contributed by atoms with Crippen molar-refractivity contribution >= 4 is 5.91 Å². The van der Waals surface area contributed by atoms with Crippen molar-refractivity contribution in [3.8, 4) is 0 Å². The smallest absolute Gasteiger partial charge is 0.223 e. The van der Waals surface area contributed by atoms with Crippen molar-refractivity contribution in [1.29, 1.82) is 0 Å². The number of carbonyl (C=O) groups is 1. The van der Waals surface area contributed by atoms with Crippen LogP contribution in [0, 0.1) is 12.8 Å². The van der Waals surface area contributed by atoms with E-state index in [1.54, 1.807) is 0 Å². The van der Waals surface area contributed by atoms with Crippen LogP contribution < -0.4 is 5.32 Å². The van der Waals surface area contributed by atoms with Gasteiger partial charge in [0.15, 0.2) is 0 Å². The number of nitrogens with one attached hydrogen (secondary N) is 1. The molecule has 106 valence electrons. The van der Waals surface area contributed by atoms with Crippen LogP contribution in [0.4, 0.5) is 0 Å². The number of carbonyl (C=O) groups excluding carboxylic acids is 1. The Labute approximate surface area is 117 Å². The highest BCUT2D eigenvalue weighted by atomic mass is 16.1. The van der Waals surface area contributed by atoms with E-state index >= 15 is 0 Å². The van der Waals surface area contributed by atoms with Gasteiger partial charge >= 0.3 is 0 Å². The molecule has 0 aliphatic heterocycles. The van der Waals surface area contributed by atoms with Gasteiger partial charge in [-0.2, -0.15) is 0 Å². The van der Waals surface area contributed by atoms with Crippen molar-refractivity contribution in [3.63, 3.8) is 0 Å². The summed E-state index contributed by atoms with van der Waals surface area (Å²) in [6, 6.07) is 8.70. The molecule has 0 bridgehead atoms. The summed E-state index contributed by atoms with van der Waals surface area (Å²) in [5, 5.41) is 3.04. The highest BCUT2D eigenvalue weighted by Crippen LogP contribution is 2.08. The second-order valence-electron chi connectivity index (χ2n) is 5.25. The first-order chi connectivity index (χ1) is 9.17. The van der Waals surface area contributed by atoms with Crippen LogP contribution in [0.5, 0.6) is 0 Å². The lowest BCUT2D eigenvalue weighted by Gasteiger charge is -2.12. The molecule has 0 unspecified atom stereocenters. The van der Waals surface area contributed by atoms with Gasteiger partial charge in [0.1, 0.15) is 0 Å². The first kappa shape index (κ1) is 15.7. The second-order valence-corrected chi connectivity index (χ2v) is 5.25. The number of amides is 1. The molecule has 19 heavy (non-hydrogen) atoms. The van der Waals surface area contributed by atoms with Crippen molar-refractivity contribution in [3.05, 3.63) is 35.4 Å². The van der Waals surface area contributed by atoms with Gasteiger partial charge in [0.05, 0.1) is 0 Å². The summed E-state index contributed by atoms with van der Waals surface area (Å²) in [7, 11) is 0. The molecule has 0 aliphatic carbocycles. The Bertz CT molecular complexity index is 365. The Kier molecular flexibility index (Phi) is 7.24. The number of unbranched alkanes of at least 4 members (excludes halogenated alkanes) is 1. The Morgan fingerprint density at radius 2 is 1.74 bits per heavy atom. The van der Waals surface area contributed by atoms with Crippen LogP contribution in [-0.4, -0.2) is 12.5 Å². The summed E-state index contributed by atoms with van der Waals surface area (Å²) in [6.07, 6.45) is 5.16. The van der Waals surface area contributed by atoms with Gasteiger partial charge in [-0.25, -0.2) is 0 Å². The fourth-order valence-electron chi connectivity index (χ4n) is 2.22. The fourth-order valence-corrected chi connectivity index (χ4v) is 2.22. The van der Waals surface area contributed by atoms with Gasteiger partial charge in [0.25, 0.3) is 0 Å². The lowest BCUT2D eigenvalue weighted by molar-refractivity contribution is -0.125. The van der Waals surface area contributed by atoms with E-state index in [9.17, 15) is 4.79 Å². The van der Waals surface area contributed by atoms with E-state index in [0.29, 0.717) is 0 Å². The van der Waals surface area contributed by atoms with Crippen molar-refractivity contribution in [2.24, 2.45) is 5.92 Å². The molecule has 0 aliphatic rings. The minimum absolute atomic E-state index is 0.192. The van der Waals surface area contributed by atoms with Gasteiger partial charge in [-0.3, -0.25) is 4.79 Å². The number of hydrogen-bond acceptors (Lipinski definition) is 1. The summed E-state index contributed by atoms with van der Waals surface area (Å²) in [5.41, 5.74) is 2.69. The molecular weight excluding hydrogens is 234 g/mol. The monoisotopic (exact) mass is 261 g/mol. The topological polar surface area (TPSA) is 29.1 Å². The molecule has 0 atom stereocenters. The second kappa shape index (κ2) is 8.73. The molecular formula is C17H27NO. The molecule has 2 nitrogen and oxygen atoms in total. The summed E-state index contributed by atoms with van der Waals surface area (Å²) in [6.45, 7) is 7.06. The summed E-state index contributed by atoms with van der Waals surface area (Å²) >= 11 is 0. The standard InChI is InChI=1S/C17H27NO/c1-4-16(5-2)17(19)18-13-7-6-8-15-11-9-14(3)10-12-15/h9-12,16H,4-8,13H2,1-3H3,(H,18,19). The zero-order chi connectivity index (χ0) is 14.1. The van der Waals surface area contributed by atoms with E-state index in [2.05, 4.69) is 50.4 Å². The van der Waals surface area contributed by atoms with Crippen molar-refractivity contribution in [1.82, 2.24) is 5.32 Å². The van der Waals surface area contributed by atoms with Gasteiger partial charge in [-0.05, 0) is 44.6 Å². The van der Waals surface area contributed by atoms with Crippen LogP contribution >= 0.6 is 0 Å². The molecule has 0 heterocycles. The number of aryl methyl sites for hydroxylation is 2. The molecule has 1 amide bonds. The predicted molar refractivity (Wildman–Crippen MR) is 81.2 cm³/mol. The van der Waals surface area contributed by atoms with Crippen molar-refractivity contribution in [2.75, 3.05) is 6.54 Å². The zero-order valence-corrected chi connectivity index (χ0v) is 12.5. The zero-order valence-electron chi connectivity index (χ0n) is 12.5. The minimum Gasteiger partial charge on any atom is -0.356 e. The average Bonchev–Trinajstić information content (AvgIpc) is 2.42. The molecule has 1 aromatic carbocycles. The van der Waals surface area contributed by atoms with Crippen LogP contribution in [-0.2, 0) is 11.2 Å². The van der Waals surface area contributed by atoms with Gasteiger partial charge in [0.2, 0.25) is 5.91 Å². The van der Waals surface area contributed by atoms with E-state index in [-0.39, 0.29) is 11.8 Å². The highest BCUT2D eigenvalue weighted by molar-refractivity contribution is 5.78. The maximum atomic E-state index is 11.8. The lowest BCUT2D eigenvalue weighted by atomic mass is 10.0. The van der Waals surface area contributed by atoms with Crippen molar-refractivity contribution in [2.45, 2.75) is 52.9 Å². The largest absolute Gasteiger partial charge is 0.356 e. The molecule has 1 aromatic rings. The van der Waals surface area contributed by atoms with Gasteiger partial charge in [0, 0.05) is 12.5 Å². The Morgan fingerprint density at radius 3 is 2.32 bits per heavy atom. The molecule has 1 N–H and O–H groups in total. The van der Waals surface area contributed by atoms with E-state index in [4.69, 9.17) is 0 Å². The molecule has 0 saturated carbocycles. The van der Waals surface area contributed by atoms with Gasteiger partial charge < -0.3 is 5.32 Å². The number of rotatable bonds is 8. The van der Waals surface area contributed by atoms with E-state index in [0.717, 1.165) is 38.6 Å². The van der Waals surface area contributed by atoms with Gasteiger partial charge in [-0.15, -0.1) is 0 Å². The van der Waals surface area contributed by atoms with E-state index in [1.165, 1.54) is 11.1 Å². The van der Waals surface area contributed by atoms with Crippen LogP contribution in [0.1, 0.15) is 50.7 Å². The molecule has 0 aromatic heterocycles. The maximum Gasteiger partial charge on any atom is 0.223 e. The summed E-state index contributed by atoms with van der Waals surface area (Å²) in [5.74, 6) is 0.414. The number of hydrogen-bond donors (Lipinski definition) is 1. The van der Waals surface area contributed by atoms with Crippen LogP contribution in [0.3, 0.4) is 0 Å². The quantitative estimate of drug-likeness (QED) is 0.707. The Balaban J connectivity index is 2.14. The molecule has 0 saturated heterocycles. The summed E-state index contributed by atoms with van der Waals surface area (Å²) < 4.78 is 0. The Morgan fingerprint density at radius 1 is 1.11 bits per heavy atom.